The monoisotopic (exact) mass is 886 g/mol. The Bertz CT molecular complexity index is 4620. The van der Waals surface area contributed by atoms with Crippen LogP contribution in [-0.4, -0.2) is 9.55 Å². The highest BCUT2D eigenvalue weighted by molar-refractivity contribution is 6.24. The molecule has 0 saturated heterocycles. The zero-order chi connectivity index (χ0) is 45.8. The molecule has 0 amide bonds. The van der Waals surface area contributed by atoms with E-state index in [2.05, 4.69) is 247 Å². The second kappa shape index (κ2) is 13.8. The first-order valence-corrected chi connectivity index (χ1v) is 24.5. The largest absolute Gasteiger partial charge is 0.354 e. The maximum absolute atomic E-state index is 3.87. The fourth-order valence-electron chi connectivity index (χ4n) is 13.6. The quantitative estimate of drug-likeness (QED) is 0.171. The Morgan fingerprint density at radius 2 is 0.829 bits per heavy atom. The Hall–Kier alpha value is -8.98. The minimum Gasteiger partial charge on any atom is -0.354 e. The summed E-state index contributed by atoms with van der Waals surface area (Å²) in [5.41, 5.74) is 22.4. The van der Waals surface area contributed by atoms with Crippen LogP contribution in [0.3, 0.4) is 0 Å². The third-order valence-corrected chi connectivity index (χ3v) is 16.4. The lowest BCUT2D eigenvalue weighted by Crippen LogP contribution is -2.25. The molecule has 2 aliphatic carbocycles. The van der Waals surface area contributed by atoms with Crippen molar-refractivity contribution in [1.29, 1.82) is 0 Å². The summed E-state index contributed by atoms with van der Waals surface area (Å²) in [5.74, 6) is 0. The number of para-hydroxylation sites is 4. The maximum Gasteiger partial charge on any atom is 0.0725 e. The van der Waals surface area contributed by atoms with Crippen LogP contribution in [0.2, 0.25) is 0 Å². The average molecular weight is 887 g/mol. The van der Waals surface area contributed by atoms with Gasteiger partial charge in [-0.15, -0.1) is 0 Å². The van der Waals surface area contributed by atoms with Gasteiger partial charge in [-0.3, -0.25) is 0 Å². The zero-order valence-electron chi connectivity index (χ0n) is 38.4. The van der Waals surface area contributed by atoms with Crippen molar-refractivity contribution in [1.82, 2.24) is 9.55 Å². The van der Waals surface area contributed by atoms with Gasteiger partial charge in [0, 0.05) is 50.8 Å². The molecular formula is C68H42N2. The number of H-pyrrole nitrogens is 1. The van der Waals surface area contributed by atoms with Gasteiger partial charge in [0.1, 0.15) is 0 Å². The molecule has 70 heavy (non-hydrogen) atoms. The molecule has 2 heteroatoms. The SMILES string of the molecule is Cn1c2ccccc2c2cccc(-c3cccc4c(-c5cccc6c5-c5ccccc5C65c6ccccc6-c6c5ccc5ccccc65)c5cccc(-c6cccc7c6[nH]c6ccccc67)c5cc34)c21. The highest BCUT2D eigenvalue weighted by Gasteiger charge is 2.52. The zero-order valence-corrected chi connectivity index (χ0v) is 38.4. The highest BCUT2D eigenvalue weighted by atomic mass is 14.9. The van der Waals surface area contributed by atoms with E-state index in [1.807, 2.05) is 0 Å². The van der Waals surface area contributed by atoms with Crippen molar-refractivity contribution >= 4 is 75.9 Å². The van der Waals surface area contributed by atoms with Gasteiger partial charge in [0.15, 0.2) is 0 Å². The van der Waals surface area contributed by atoms with Crippen molar-refractivity contribution in [2.75, 3.05) is 0 Å². The molecule has 0 saturated carbocycles. The number of nitrogens with zero attached hydrogens (tertiary/aromatic N) is 1. The van der Waals surface area contributed by atoms with Gasteiger partial charge >= 0.3 is 0 Å². The number of hydrogen-bond donors (Lipinski definition) is 1. The predicted octanol–water partition coefficient (Wildman–Crippen LogP) is 17.8. The Balaban J connectivity index is 1.06. The number of aryl methyl sites for hydroxylation is 1. The summed E-state index contributed by atoms with van der Waals surface area (Å²) < 4.78 is 2.39. The number of benzene rings is 12. The number of nitrogens with one attached hydrogen (secondary N) is 1. The average Bonchev–Trinajstić information content (AvgIpc) is 4.15. The summed E-state index contributed by atoms with van der Waals surface area (Å²) in [6.45, 7) is 0. The molecule has 1 atom stereocenters. The third kappa shape index (κ3) is 4.73. The fraction of sp³-hybridized carbons (Fsp3) is 0.0294. The molecule has 2 heterocycles. The van der Waals surface area contributed by atoms with E-state index in [4.69, 9.17) is 0 Å². The molecule has 1 spiro atoms. The molecular weight excluding hydrogens is 845 g/mol. The van der Waals surface area contributed by atoms with Crippen LogP contribution in [-0.2, 0) is 12.5 Å². The van der Waals surface area contributed by atoms with Gasteiger partial charge in [-0.2, -0.15) is 0 Å². The lowest BCUT2D eigenvalue weighted by atomic mass is 9.70. The van der Waals surface area contributed by atoms with E-state index in [0.29, 0.717) is 0 Å². The highest BCUT2D eigenvalue weighted by Crippen LogP contribution is 2.65. The van der Waals surface area contributed by atoms with E-state index in [1.165, 1.54) is 143 Å². The molecule has 2 aliphatic rings. The number of hydrogen-bond acceptors (Lipinski definition) is 0. The Kier molecular flexibility index (Phi) is 7.51. The molecule has 14 aromatic rings. The van der Waals surface area contributed by atoms with Gasteiger partial charge in [0.2, 0.25) is 0 Å². The van der Waals surface area contributed by atoms with E-state index >= 15 is 0 Å². The Morgan fingerprint density at radius 3 is 1.61 bits per heavy atom. The number of aromatic nitrogens is 2. The van der Waals surface area contributed by atoms with Crippen molar-refractivity contribution in [2.24, 2.45) is 7.05 Å². The minimum absolute atomic E-state index is 0.496. The summed E-state index contributed by atoms with van der Waals surface area (Å²) in [5, 5.41) is 12.5. The van der Waals surface area contributed by atoms with E-state index in [0.717, 1.165) is 11.0 Å². The standard InChI is InChI=1S/C68H42N2/c1-70-62-36-11-7-20-45(62)51-30-15-29-50(67(51)70)43-24-13-26-47-56(43)39-55-42(48-27-14-28-49-44-19-6-10-35-61(44)69-66(48)49)23-12-25-46(55)63(47)54-31-16-34-59-65(54)53-22-5-9-33-58(53)68(59)57-32-8-4-21-52(57)64-41-18-3-2-17-40(41)37-38-60(64)68/h2-39,69H,1H3. The number of fused-ring (bicyclic) bond motifs is 20. The van der Waals surface area contributed by atoms with Crippen LogP contribution < -0.4 is 0 Å². The second-order valence-electron chi connectivity index (χ2n) is 19.5. The minimum atomic E-state index is -0.496. The van der Waals surface area contributed by atoms with Crippen LogP contribution in [0.25, 0.3) is 132 Å². The van der Waals surface area contributed by atoms with Crippen molar-refractivity contribution in [3.8, 4) is 55.6 Å². The number of rotatable bonds is 3. The second-order valence-corrected chi connectivity index (χ2v) is 19.5. The lowest BCUT2D eigenvalue weighted by Gasteiger charge is -2.30. The van der Waals surface area contributed by atoms with Crippen molar-refractivity contribution in [3.63, 3.8) is 0 Å². The summed E-state index contributed by atoms with van der Waals surface area (Å²) in [4.78, 5) is 3.87. The van der Waals surface area contributed by atoms with Gasteiger partial charge in [-0.25, -0.2) is 0 Å². The van der Waals surface area contributed by atoms with E-state index < -0.39 is 5.41 Å². The predicted molar refractivity (Wildman–Crippen MR) is 295 cm³/mol. The van der Waals surface area contributed by atoms with Gasteiger partial charge in [0.25, 0.3) is 0 Å². The van der Waals surface area contributed by atoms with Crippen LogP contribution >= 0.6 is 0 Å². The lowest BCUT2D eigenvalue weighted by molar-refractivity contribution is 0.794. The summed E-state index contributed by atoms with van der Waals surface area (Å²) in [6, 6.07) is 87.0. The molecule has 0 bridgehead atoms. The molecule has 0 aliphatic heterocycles. The summed E-state index contributed by atoms with van der Waals surface area (Å²) in [7, 11) is 2.22. The van der Waals surface area contributed by atoms with Crippen LogP contribution in [0.1, 0.15) is 22.3 Å². The smallest absolute Gasteiger partial charge is 0.0725 e. The molecule has 2 aromatic heterocycles. The Labute approximate surface area is 404 Å². The van der Waals surface area contributed by atoms with Crippen LogP contribution in [0, 0.1) is 0 Å². The summed E-state index contributed by atoms with van der Waals surface area (Å²) in [6.07, 6.45) is 0. The van der Waals surface area contributed by atoms with Crippen molar-refractivity contribution in [3.05, 3.63) is 253 Å². The van der Waals surface area contributed by atoms with E-state index in [9.17, 15) is 0 Å². The van der Waals surface area contributed by atoms with E-state index in [-0.39, 0.29) is 0 Å². The van der Waals surface area contributed by atoms with Crippen LogP contribution in [0.4, 0.5) is 0 Å². The number of aromatic amines is 1. The fourth-order valence-corrected chi connectivity index (χ4v) is 13.6. The van der Waals surface area contributed by atoms with Gasteiger partial charge in [0.05, 0.1) is 16.4 Å². The molecule has 12 aromatic carbocycles. The van der Waals surface area contributed by atoms with Crippen molar-refractivity contribution in [2.45, 2.75) is 5.41 Å². The van der Waals surface area contributed by atoms with Crippen LogP contribution in [0.15, 0.2) is 231 Å². The molecule has 324 valence electrons. The van der Waals surface area contributed by atoms with Crippen LogP contribution in [0.5, 0.6) is 0 Å². The molecule has 1 N–H and O–H groups in total. The van der Waals surface area contributed by atoms with Crippen molar-refractivity contribution < 1.29 is 0 Å². The van der Waals surface area contributed by atoms with Gasteiger partial charge in [-0.1, -0.05) is 212 Å². The normalized spacial score (nSPS) is 14.7. The van der Waals surface area contributed by atoms with Gasteiger partial charge < -0.3 is 9.55 Å². The van der Waals surface area contributed by atoms with E-state index in [1.54, 1.807) is 0 Å². The summed E-state index contributed by atoms with van der Waals surface area (Å²) >= 11 is 0. The molecule has 2 nitrogen and oxygen atoms in total. The molecule has 0 fully saturated rings. The first-order valence-electron chi connectivity index (χ1n) is 24.5. The van der Waals surface area contributed by atoms with Gasteiger partial charge in [-0.05, 0) is 117 Å². The first-order chi connectivity index (χ1) is 34.7. The maximum atomic E-state index is 3.87. The Morgan fingerprint density at radius 1 is 0.314 bits per heavy atom. The topological polar surface area (TPSA) is 20.7 Å². The first kappa shape index (κ1) is 38.0. The molecule has 16 rings (SSSR count). The molecule has 1 unspecified atom stereocenters. The third-order valence-electron chi connectivity index (χ3n) is 16.4. The molecule has 0 radical (unpaired) electrons.